The van der Waals surface area contributed by atoms with Crippen molar-refractivity contribution in [3.05, 3.63) is 57.6 Å². The lowest BCUT2D eigenvalue weighted by molar-refractivity contribution is -0.385. The van der Waals surface area contributed by atoms with Crippen molar-refractivity contribution in [2.75, 3.05) is 53.3 Å². The standard InChI is InChI=1S/C23H29N3O6S/c1-30-20-6-5-18(12-19(20)26(28)29)15-33-16-23(27)25-10-8-24(9-11-25)14-17-4-7-21(31-2)22(13-17)32-3/h4-7,12-13H,8-11,14-16H2,1-3H3. The minimum atomic E-state index is -0.459. The van der Waals surface area contributed by atoms with Crippen LogP contribution in [0, 0.1) is 10.1 Å². The van der Waals surface area contributed by atoms with Gasteiger partial charge in [-0.2, -0.15) is 0 Å². The van der Waals surface area contributed by atoms with E-state index in [1.54, 1.807) is 26.4 Å². The molecule has 9 nitrogen and oxygen atoms in total. The van der Waals surface area contributed by atoms with E-state index in [4.69, 9.17) is 14.2 Å². The second kappa shape index (κ2) is 11.8. The fourth-order valence-corrected chi connectivity index (χ4v) is 4.58. The Bertz CT molecular complexity index is 979. The Kier molecular flexibility index (Phi) is 8.79. The molecule has 0 unspecified atom stereocenters. The molecule has 1 aliphatic rings. The molecule has 0 bridgehead atoms. The molecule has 2 aromatic carbocycles. The predicted octanol–water partition coefficient (Wildman–Crippen LogP) is 3.20. The Balaban J connectivity index is 1.44. The van der Waals surface area contributed by atoms with E-state index in [2.05, 4.69) is 4.90 Å². The Labute approximate surface area is 197 Å². The Hall–Kier alpha value is -2.98. The summed E-state index contributed by atoms with van der Waals surface area (Å²) in [5.74, 6) is 2.61. The first-order valence-corrected chi connectivity index (χ1v) is 11.7. The highest BCUT2D eigenvalue weighted by atomic mass is 32.2. The molecule has 1 saturated heterocycles. The molecule has 33 heavy (non-hydrogen) atoms. The van der Waals surface area contributed by atoms with Crippen molar-refractivity contribution in [3.63, 3.8) is 0 Å². The number of rotatable bonds is 10. The third kappa shape index (κ3) is 6.52. The molecule has 0 radical (unpaired) electrons. The Morgan fingerprint density at radius 3 is 2.21 bits per heavy atom. The lowest BCUT2D eigenvalue weighted by Crippen LogP contribution is -2.48. The third-order valence-corrected chi connectivity index (χ3v) is 6.50. The van der Waals surface area contributed by atoms with Crippen LogP contribution in [0.3, 0.4) is 0 Å². The molecule has 0 atom stereocenters. The third-order valence-electron chi connectivity index (χ3n) is 5.51. The van der Waals surface area contributed by atoms with E-state index in [0.29, 0.717) is 36.1 Å². The summed E-state index contributed by atoms with van der Waals surface area (Å²) in [7, 11) is 4.65. The number of carbonyl (C=O) groups is 1. The van der Waals surface area contributed by atoms with Crippen LogP contribution in [0.2, 0.25) is 0 Å². The summed E-state index contributed by atoms with van der Waals surface area (Å²) >= 11 is 1.46. The minimum absolute atomic E-state index is 0.0625. The molecule has 10 heteroatoms. The van der Waals surface area contributed by atoms with Gasteiger partial charge in [0.1, 0.15) is 0 Å². The number of carbonyl (C=O) groups excluding carboxylic acids is 1. The average molecular weight is 476 g/mol. The number of thioether (sulfide) groups is 1. The average Bonchev–Trinajstić information content (AvgIpc) is 2.84. The van der Waals surface area contributed by atoms with Crippen molar-refractivity contribution in [2.24, 2.45) is 0 Å². The smallest absolute Gasteiger partial charge is 0.311 e. The maximum absolute atomic E-state index is 12.6. The topological polar surface area (TPSA) is 94.4 Å². The SMILES string of the molecule is COc1ccc(CN2CCN(C(=O)CSCc3ccc(OC)c([N+](=O)[O-])c3)CC2)cc1OC. The Morgan fingerprint density at radius 2 is 1.58 bits per heavy atom. The molecule has 178 valence electrons. The highest BCUT2D eigenvalue weighted by Gasteiger charge is 2.22. The van der Waals surface area contributed by atoms with Gasteiger partial charge >= 0.3 is 5.69 Å². The molecule has 3 rings (SSSR count). The van der Waals surface area contributed by atoms with Crippen LogP contribution in [0.1, 0.15) is 11.1 Å². The van der Waals surface area contributed by atoms with Gasteiger partial charge in [0.15, 0.2) is 17.2 Å². The summed E-state index contributed by atoms with van der Waals surface area (Å²) in [5.41, 5.74) is 1.86. The van der Waals surface area contributed by atoms with Gasteiger partial charge in [-0.1, -0.05) is 12.1 Å². The molecule has 2 aromatic rings. The highest BCUT2D eigenvalue weighted by Crippen LogP contribution is 2.30. The number of nitrogens with zero attached hydrogens (tertiary/aromatic N) is 3. The summed E-state index contributed by atoms with van der Waals surface area (Å²) in [6.45, 7) is 3.75. The first-order chi connectivity index (χ1) is 15.9. The van der Waals surface area contributed by atoms with Gasteiger partial charge in [0, 0.05) is 44.5 Å². The molecular formula is C23H29N3O6S. The summed E-state index contributed by atoms with van der Waals surface area (Å²) in [4.78, 5) is 27.5. The monoisotopic (exact) mass is 475 g/mol. The number of benzene rings is 2. The van der Waals surface area contributed by atoms with Crippen LogP contribution in [0.15, 0.2) is 36.4 Å². The first kappa shape index (κ1) is 24.7. The molecule has 1 heterocycles. The van der Waals surface area contributed by atoms with Crippen molar-refractivity contribution >= 4 is 23.4 Å². The van der Waals surface area contributed by atoms with Crippen LogP contribution in [0.25, 0.3) is 0 Å². The maximum Gasteiger partial charge on any atom is 0.311 e. The number of ether oxygens (including phenoxy) is 3. The second-order valence-electron chi connectivity index (χ2n) is 7.60. The van der Waals surface area contributed by atoms with Gasteiger partial charge in [-0.3, -0.25) is 19.8 Å². The van der Waals surface area contributed by atoms with E-state index in [9.17, 15) is 14.9 Å². The fourth-order valence-electron chi connectivity index (χ4n) is 3.71. The quantitative estimate of drug-likeness (QED) is 0.382. The zero-order chi connectivity index (χ0) is 23.8. The van der Waals surface area contributed by atoms with E-state index in [1.807, 2.05) is 23.1 Å². The van der Waals surface area contributed by atoms with Gasteiger partial charge < -0.3 is 19.1 Å². The van der Waals surface area contributed by atoms with E-state index in [-0.39, 0.29) is 17.3 Å². The Morgan fingerprint density at radius 1 is 0.939 bits per heavy atom. The number of nitro benzene ring substituents is 1. The lowest BCUT2D eigenvalue weighted by atomic mass is 10.1. The van der Waals surface area contributed by atoms with Crippen LogP contribution >= 0.6 is 11.8 Å². The predicted molar refractivity (Wildman–Crippen MR) is 127 cm³/mol. The highest BCUT2D eigenvalue weighted by molar-refractivity contribution is 7.99. The molecule has 0 spiro atoms. The molecule has 0 saturated carbocycles. The number of piperazine rings is 1. The zero-order valence-corrected chi connectivity index (χ0v) is 19.9. The van der Waals surface area contributed by atoms with Gasteiger partial charge in [0.2, 0.25) is 5.91 Å². The summed E-state index contributed by atoms with van der Waals surface area (Å²) < 4.78 is 15.7. The van der Waals surface area contributed by atoms with Crippen molar-refractivity contribution < 1.29 is 23.9 Å². The van der Waals surface area contributed by atoms with Gasteiger partial charge in [-0.05, 0) is 29.3 Å². The second-order valence-corrected chi connectivity index (χ2v) is 8.59. The lowest BCUT2D eigenvalue weighted by Gasteiger charge is -2.34. The van der Waals surface area contributed by atoms with Crippen LogP contribution in [0.4, 0.5) is 5.69 Å². The summed E-state index contributed by atoms with van der Waals surface area (Å²) in [6, 6.07) is 10.8. The summed E-state index contributed by atoms with van der Waals surface area (Å²) in [6.07, 6.45) is 0. The number of nitro groups is 1. The van der Waals surface area contributed by atoms with E-state index < -0.39 is 4.92 Å². The molecular weight excluding hydrogens is 446 g/mol. The number of hydrogen-bond donors (Lipinski definition) is 0. The van der Waals surface area contributed by atoms with Crippen LogP contribution < -0.4 is 14.2 Å². The van der Waals surface area contributed by atoms with Crippen LogP contribution in [-0.2, 0) is 17.1 Å². The largest absolute Gasteiger partial charge is 0.493 e. The maximum atomic E-state index is 12.6. The number of amides is 1. The van der Waals surface area contributed by atoms with E-state index in [1.165, 1.54) is 24.9 Å². The molecule has 1 aliphatic heterocycles. The van der Waals surface area contributed by atoms with Crippen molar-refractivity contribution in [1.29, 1.82) is 0 Å². The number of methoxy groups -OCH3 is 3. The fraction of sp³-hybridized carbons (Fsp3) is 0.435. The van der Waals surface area contributed by atoms with E-state index >= 15 is 0 Å². The van der Waals surface area contributed by atoms with Crippen molar-refractivity contribution in [2.45, 2.75) is 12.3 Å². The van der Waals surface area contributed by atoms with Crippen LogP contribution in [-0.4, -0.2) is 73.9 Å². The molecule has 1 amide bonds. The van der Waals surface area contributed by atoms with E-state index in [0.717, 1.165) is 30.8 Å². The van der Waals surface area contributed by atoms with Crippen LogP contribution in [0.5, 0.6) is 17.2 Å². The number of hydrogen-bond acceptors (Lipinski definition) is 8. The molecule has 0 aliphatic carbocycles. The summed E-state index contributed by atoms with van der Waals surface area (Å²) in [5, 5.41) is 11.2. The molecule has 1 fully saturated rings. The van der Waals surface area contributed by atoms with Gasteiger partial charge in [0.05, 0.1) is 32.0 Å². The molecule has 0 aromatic heterocycles. The van der Waals surface area contributed by atoms with Gasteiger partial charge in [-0.25, -0.2) is 0 Å². The van der Waals surface area contributed by atoms with Gasteiger partial charge in [-0.15, -0.1) is 11.8 Å². The normalized spacial score (nSPS) is 14.1. The zero-order valence-electron chi connectivity index (χ0n) is 19.1. The molecule has 0 N–H and O–H groups in total. The van der Waals surface area contributed by atoms with Crippen molar-refractivity contribution in [1.82, 2.24) is 9.80 Å². The minimum Gasteiger partial charge on any atom is -0.493 e. The van der Waals surface area contributed by atoms with Gasteiger partial charge in [0.25, 0.3) is 0 Å². The van der Waals surface area contributed by atoms with Crippen molar-refractivity contribution in [3.8, 4) is 17.2 Å². The first-order valence-electron chi connectivity index (χ1n) is 10.5.